The van der Waals surface area contributed by atoms with Crippen LogP contribution in [0.5, 0.6) is 0 Å². The predicted octanol–water partition coefficient (Wildman–Crippen LogP) is 1.69. The van der Waals surface area contributed by atoms with E-state index >= 15 is 0 Å². The van der Waals surface area contributed by atoms with Crippen molar-refractivity contribution in [1.82, 2.24) is 14.6 Å². The van der Waals surface area contributed by atoms with Crippen LogP contribution < -0.4 is 5.32 Å². The molecule has 6 heteroatoms. The summed E-state index contributed by atoms with van der Waals surface area (Å²) in [6.07, 6.45) is 6.01. The van der Waals surface area contributed by atoms with Crippen molar-refractivity contribution >= 4 is 10.0 Å². The van der Waals surface area contributed by atoms with E-state index < -0.39 is 10.0 Å². The molecule has 2 saturated carbocycles. The Hall–Kier alpha value is -0.850. The first kappa shape index (κ1) is 14.1. The first-order chi connectivity index (χ1) is 9.61. The third-order valence-corrected chi connectivity index (χ3v) is 5.87. The molecule has 2 fully saturated rings. The lowest BCUT2D eigenvalue weighted by Gasteiger charge is -2.20. The molecule has 0 aliphatic heterocycles. The van der Waals surface area contributed by atoms with Crippen molar-refractivity contribution in [3.05, 3.63) is 18.0 Å². The maximum absolute atomic E-state index is 12.7. The molecule has 0 saturated heterocycles. The second-order valence-electron chi connectivity index (χ2n) is 5.89. The Balaban J connectivity index is 1.76. The van der Waals surface area contributed by atoms with E-state index in [2.05, 4.69) is 10.3 Å². The average molecular weight is 297 g/mol. The largest absolute Gasteiger partial charge is 0.363 e. The van der Waals surface area contributed by atoms with Gasteiger partial charge in [-0.25, -0.2) is 8.42 Å². The highest BCUT2D eigenvalue weighted by molar-refractivity contribution is 7.89. The lowest BCUT2D eigenvalue weighted by molar-refractivity contribution is 0.389. The summed E-state index contributed by atoms with van der Waals surface area (Å²) in [5.74, 6) is 0.588. The summed E-state index contributed by atoms with van der Waals surface area (Å²) in [6, 6.07) is 2.01. The summed E-state index contributed by atoms with van der Waals surface area (Å²) >= 11 is 0. The molecular formula is C14H23N3O2S. The van der Waals surface area contributed by atoms with Crippen molar-refractivity contribution in [3.8, 4) is 0 Å². The topological polar surface area (TPSA) is 65.2 Å². The minimum atomic E-state index is -3.32. The van der Waals surface area contributed by atoms with E-state index in [0.717, 1.165) is 25.1 Å². The quantitative estimate of drug-likeness (QED) is 0.767. The van der Waals surface area contributed by atoms with Gasteiger partial charge in [-0.05, 0) is 44.2 Å². The SMILES string of the molecule is CCNCc1cc(S(=O)(=O)N(CC2CC2)C2CC2)c[nH]1. The standard InChI is InChI=1S/C14H23N3O2S/c1-2-15-8-12-7-14(9-16-12)20(18,19)17(13-5-6-13)10-11-3-4-11/h7,9,11,13,15-16H,2-6,8,10H2,1H3. The van der Waals surface area contributed by atoms with Gasteiger partial charge < -0.3 is 10.3 Å². The number of H-pyrrole nitrogens is 1. The van der Waals surface area contributed by atoms with Gasteiger partial charge in [-0.15, -0.1) is 0 Å². The van der Waals surface area contributed by atoms with Crippen molar-refractivity contribution in [2.24, 2.45) is 5.92 Å². The van der Waals surface area contributed by atoms with Crippen LogP contribution in [0.4, 0.5) is 0 Å². The maximum atomic E-state index is 12.7. The summed E-state index contributed by atoms with van der Waals surface area (Å²) in [4.78, 5) is 3.48. The summed E-state index contributed by atoms with van der Waals surface area (Å²) in [5.41, 5.74) is 0.924. The van der Waals surface area contributed by atoms with Gasteiger partial charge in [-0.1, -0.05) is 6.92 Å². The molecule has 2 aliphatic carbocycles. The van der Waals surface area contributed by atoms with Crippen molar-refractivity contribution in [2.75, 3.05) is 13.1 Å². The summed E-state index contributed by atoms with van der Waals surface area (Å²) in [7, 11) is -3.32. The predicted molar refractivity (Wildman–Crippen MR) is 77.8 cm³/mol. The lowest BCUT2D eigenvalue weighted by Crippen LogP contribution is -2.34. The fourth-order valence-corrected chi connectivity index (χ4v) is 4.21. The molecule has 1 heterocycles. The van der Waals surface area contributed by atoms with Gasteiger partial charge in [-0.2, -0.15) is 4.31 Å². The number of hydrogen-bond acceptors (Lipinski definition) is 3. The summed E-state index contributed by atoms with van der Waals surface area (Å²) in [6.45, 7) is 4.29. The van der Waals surface area contributed by atoms with Crippen molar-refractivity contribution < 1.29 is 8.42 Å². The molecule has 0 amide bonds. The van der Waals surface area contributed by atoms with Crippen LogP contribution >= 0.6 is 0 Å². The lowest BCUT2D eigenvalue weighted by atomic mass is 10.4. The zero-order chi connectivity index (χ0) is 14.2. The number of rotatable bonds is 8. The van der Waals surface area contributed by atoms with Gasteiger partial charge in [-0.3, -0.25) is 0 Å². The Morgan fingerprint density at radius 1 is 1.35 bits per heavy atom. The number of sulfonamides is 1. The number of aromatic nitrogens is 1. The fraction of sp³-hybridized carbons (Fsp3) is 0.714. The molecule has 0 unspecified atom stereocenters. The van der Waals surface area contributed by atoms with Crippen molar-refractivity contribution in [2.45, 2.75) is 50.1 Å². The van der Waals surface area contributed by atoms with Gasteiger partial charge in [0, 0.05) is 31.0 Å². The summed E-state index contributed by atoms with van der Waals surface area (Å²) in [5, 5.41) is 3.20. The number of nitrogens with zero attached hydrogens (tertiary/aromatic N) is 1. The fourth-order valence-electron chi connectivity index (χ4n) is 2.43. The van der Waals surface area contributed by atoms with Gasteiger partial charge in [0.2, 0.25) is 10.0 Å². The van der Waals surface area contributed by atoms with E-state index in [1.54, 1.807) is 16.6 Å². The molecule has 112 valence electrons. The molecule has 3 rings (SSSR count). The monoisotopic (exact) mass is 297 g/mol. The third-order valence-electron chi connectivity index (χ3n) is 3.98. The molecule has 1 aromatic heterocycles. The van der Waals surface area contributed by atoms with E-state index in [4.69, 9.17) is 0 Å². The maximum Gasteiger partial charge on any atom is 0.244 e. The number of nitrogens with one attached hydrogen (secondary N) is 2. The van der Waals surface area contributed by atoms with Crippen molar-refractivity contribution in [3.63, 3.8) is 0 Å². The molecule has 0 bridgehead atoms. The molecule has 2 N–H and O–H groups in total. The zero-order valence-corrected chi connectivity index (χ0v) is 12.7. The second kappa shape index (κ2) is 5.50. The van der Waals surface area contributed by atoms with Crippen LogP contribution in [0.1, 0.15) is 38.3 Å². The molecule has 5 nitrogen and oxygen atoms in total. The Morgan fingerprint density at radius 2 is 2.10 bits per heavy atom. The highest BCUT2D eigenvalue weighted by Crippen LogP contribution is 2.38. The minimum absolute atomic E-state index is 0.243. The third kappa shape index (κ3) is 3.07. The molecule has 0 aromatic carbocycles. The van der Waals surface area contributed by atoms with Crippen LogP contribution in [0.3, 0.4) is 0 Å². The van der Waals surface area contributed by atoms with E-state index in [1.165, 1.54) is 12.8 Å². The second-order valence-corrected chi connectivity index (χ2v) is 7.78. The molecule has 1 aromatic rings. The number of aromatic amines is 1. The zero-order valence-electron chi connectivity index (χ0n) is 11.9. The van der Waals surface area contributed by atoms with Crippen LogP contribution in [0, 0.1) is 5.92 Å². The normalized spacial score (nSPS) is 19.7. The Morgan fingerprint density at radius 3 is 2.70 bits per heavy atom. The highest BCUT2D eigenvalue weighted by Gasteiger charge is 2.41. The minimum Gasteiger partial charge on any atom is -0.363 e. The molecule has 20 heavy (non-hydrogen) atoms. The summed E-state index contributed by atoms with van der Waals surface area (Å²) < 4.78 is 27.2. The van der Waals surface area contributed by atoms with E-state index in [1.807, 2.05) is 6.92 Å². The number of hydrogen-bond donors (Lipinski definition) is 2. The van der Waals surface area contributed by atoms with E-state index in [0.29, 0.717) is 23.9 Å². The smallest absolute Gasteiger partial charge is 0.244 e. The molecular weight excluding hydrogens is 274 g/mol. The van der Waals surface area contributed by atoms with Gasteiger partial charge in [0.25, 0.3) is 0 Å². The Bertz CT molecular complexity index is 559. The van der Waals surface area contributed by atoms with Crippen LogP contribution in [0.25, 0.3) is 0 Å². The molecule has 0 radical (unpaired) electrons. The van der Waals surface area contributed by atoms with Crippen LogP contribution in [0.2, 0.25) is 0 Å². The Labute approximate surface area is 120 Å². The first-order valence-corrected chi connectivity index (χ1v) is 8.95. The van der Waals surface area contributed by atoms with E-state index in [-0.39, 0.29) is 6.04 Å². The van der Waals surface area contributed by atoms with Gasteiger partial charge >= 0.3 is 0 Å². The van der Waals surface area contributed by atoms with Crippen molar-refractivity contribution in [1.29, 1.82) is 0 Å². The average Bonchev–Trinajstić information content (AvgIpc) is 3.32. The van der Waals surface area contributed by atoms with Gasteiger partial charge in [0.05, 0.1) is 4.90 Å². The first-order valence-electron chi connectivity index (χ1n) is 7.51. The van der Waals surface area contributed by atoms with Crippen LogP contribution in [-0.2, 0) is 16.6 Å². The molecule has 0 spiro atoms. The molecule has 0 atom stereocenters. The Kier molecular flexibility index (Phi) is 3.88. The van der Waals surface area contributed by atoms with Gasteiger partial charge in [0.1, 0.15) is 0 Å². The van der Waals surface area contributed by atoms with Crippen LogP contribution in [0.15, 0.2) is 17.2 Å². The molecule has 2 aliphatic rings. The van der Waals surface area contributed by atoms with Gasteiger partial charge in [0.15, 0.2) is 0 Å². The highest BCUT2D eigenvalue weighted by atomic mass is 32.2. The van der Waals surface area contributed by atoms with E-state index in [9.17, 15) is 8.42 Å². The van der Waals surface area contributed by atoms with Crippen LogP contribution in [-0.4, -0.2) is 36.8 Å².